The first-order valence-electron chi connectivity index (χ1n) is 6.26. The van der Waals surface area contributed by atoms with Crippen molar-refractivity contribution in [3.63, 3.8) is 0 Å². The van der Waals surface area contributed by atoms with Crippen LogP contribution in [0.2, 0.25) is 0 Å². The van der Waals surface area contributed by atoms with Gasteiger partial charge >= 0.3 is 0 Å². The Morgan fingerprint density at radius 1 is 1.25 bits per heavy atom. The summed E-state index contributed by atoms with van der Waals surface area (Å²) in [6, 6.07) is 3.60. The molecule has 0 aliphatic heterocycles. The summed E-state index contributed by atoms with van der Waals surface area (Å²) in [6.07, 6.45) is 7.71. The highest BCUT2D eigenvalue weighted by atomic mass is 16.2. The van der Waals surface area contributed by atoms with Crippen LogP contribution in [0.25, 0.3) is 5.78 Å². The zero-order valence-electron chi connectivity index (χ0n) is 10.7. The quantitative estimate of drug-likeness (QED) is 0.667. The van der Waals surface area contributed by atoms with Crippen molar-refractivity contribution in [2.75, 3.05) is 6.54 Å². The van der Waals surface area contributed by atoms with Crippen LogP contribution in [0.15, 0.2) is 36.9 Å². The van der Waals surface area contributed by atoms with Gasteiger partial charge in [-0.15, -0.1) is 5.10 Å². The van der Waals surface area contributed by atoms with E-state index in [0.717, 1.165) is 13.0 Å². The number of carbonyl (C=O) groups excluding carboxylic acids is 1. The van der Waals surface area contributed by atoms with E-state index in [1.54, 1.807) is 24.7 Å². The van der Waals surface area contributed by atoms with Crippen LogP contribution in [0.3, 0.4) is 0 Å². The number of amides is 1. The molecule has 0 unspecified atom stereocenters. The van der Waals surface area contributed by atoms with Gasteiger partial charge in [0.1, 0.15) is 0 Å². The molecule has 0 aromatic carbocycles. The summed E-state index contributed by atoms with van der Waals surface area (Å²) in [7, 11) is 0. The largest absolute Gasteiger partial charge is 0.349 e. The van der Waals surface area contributed by atoms with Crippen LogP contribution in [-0.4, -0.2) is 41.8 Å². The fraction of sp³-hybridized carbons (Fsp3) is 0.250. The third-order valence-electron chi connectivity index (χ3n) is 2.73. The van der Waals surface area contributed by atoms with Crippen LogP contribution in [0.1, 0.15) is 17.0 Å². The van der Waals surface area contributed by atoms with Crippen molar-refractivity contribution < 1.29 is 4.79 Å². The Kier molecular flexibility index (Phi) is 3.36. The van der Waals surface area contributed by atoms with Crippen LogP contribution in [-0.2, 0) is 6.54 Å². The summed E-state index contributed by atoms with van der Waals surface area (Å²) >= 11 is 0. The van der Waals surface area contributed by atoms with Gasteiger partial charge in [0.25, 0.3) is 11.7 Å². The molecule has 1 N–H and O–H groups in total. The highest BCUT2D eigenvalue weighted by molar-refractivity contribution is 5.90. The third-order valence-corrected chi connectivity index (χ3v) is 2.73. The second kappa shape index (κ2) is 5.47. The van der Waals surface area contributed by atoms with Crippen molar-refractivity contribution in [3.05, 3.63) is 42.7 Å². The van der Waals surface area contributed by atoms with E-state index in [1.807, 2.05) is 16.9 Å². The minimum Gasteiger partial charge on any atom is -0.349 e. The Morgan fingerprint density at radius 2 is 2.15 bits per heavy atom. The minimum atomic E-state index is -0.295. The van der Waals surface area contributed by atoms with Gasteiger partial charge < -0.3 is 5.32 Å². The standard InChI is InChI=1S/C12H13N7O/c20-11(13-4-1-7-18-8-3-6-15-18)10-16-12-14-5-2-9-19(12)17-10/h2-3,5-6,8-9H,1,4,7H2,(H,13,20). The first-order valence-corrected chi connectivity index (χ1v) is 6.26. The third kappa shape index (κ3) is 2.63. The Morgan fingerprint density at radius 3 is 2.95 bits per heavy atom. The molecule has 0 radical (unpaired) electrons. The van der Waals surface area contributed by atoms with Gasteiger partial charge in [-0.1, -0.05) is 0 Å². The highest BCUT2D eigenvalue weighted by Crippen LogP contribution is 1.97. The molecule has 3 rings (SSSR count). The second-order valence-electron chi connectivity index (χ2n) is 4.18. The molecule has 3 aromatic rings. The molecular weight excluding hydrogens is 258 g/mol. The molecule has 0 fully saturated rings. The number of carbonyl (C=O) groups is 1. The fourth-order valence-electron chi connectivity index (χ4n) is 1.78. The summed E-state index contributed by atoms with van der Waals surface area (Å²) in [6.45, 7) is 1.30. The number of rotatable bonds is 5. The van der Waals surface area contributed by atoms with Gasteiger partial charge in [-0.3, -0.25) is 9.48 Å². The molecule has 8 heteroatoms. The molecule has 0 aliphatic rings. The number of hydrogen-bond donors (Lipinski definition) is 1. The first-order chi connectivity index (χ1) is 9.83. The molecule has 0 saturated carbocycles. The molecule has 0 atom stereocenters. The van der Waals surface area contributed by atoms with E-state index >= 15 is 0 Å². The van der Waals surface area contributed by atoms with E-state index in [1.165, 1.54) is 4.52 Å². The van der Waals surface area contributed by atoms with Crippen LogP contribution in [0.4, 0.5) is 0 Å². The molecule has 0 spiro atoms. The molecule has 0 saturated heterocycles. The zero-order valence-corrected chi connectivity index (χ0v) is 10.7. The topological polar surface area (TPSA) is 90.0 Å². The maximum atomic E-state index is 11.9. The van der Waals surface area contributed by atoms with E-state index in [4.69, 9.17) is 0 Å². The van der Waals surface area contributed by atoms with Gasteiger partial charge in [-0.05, 0) is 18.6 Å². The molecule has 20 heavy (non-hydrogen) atoms. The molecule has 1 amide bonds. The van der Waals surface area contributed by atoms with Crippen LogP contribution in [0.5, 0.6) is 0 Å². The molecule has 102 valence electrons. The van der Waals surface area contributed by atoms with Crippen molar-refractivity contribution in [1.82, 2.24) is 34.7 Å². The molecule has 0 bridgehead atoms. The lowest BCUT2D eigenvalue weighted by Crippen LogP contribution is -2.26. The normalized spacial score (nSPS) is 10.8. The first kappa shape index (κ1) is 12.3. The lowest BCUT2D eigenvalue weighted by Gasteiger charge is -2.02. The maximum Gasteiger partial charge on any atom is 0.291 e. The smallest absolute Gasteiger partial charge is 0.291 e. The number of aromatic nitrogens is 6. The van der Waals surface area contributed by atoms with Crippen LogP contribution in [0, 0.1) is 0 Å². The Hall–Kier alpha value is -2.77. The van der Waals surface area contributed by atoms with Crippen molar-refractivity contribution >= 4 is 11.7 Å². The van der Waals surface area contributed by atoms with Gasteiger partial charge in [-0.2, -0.15) is 10.1 Å². The number of hydrogen-bond acceptors (Lipinski definition) is 5. The van der Waals surface area contributed by atoms with E-state index in [0.29, 0.717) is 12.3 Å². The van der Waals surface area contributed by atoms with Crippen LogP contribution < -0.4 is 5.32 Å². The summed E-state index contributed by atoms with van der Waals surface area (Å²) in [4.78, 5) is 19.9. The number of aryl methyl sites for hydroxylation is 1. The molecule has 3 heterocycles. The van der Waals surface area contributed by atoms with Gasteiger partial charge in [0.15, 0.2) is 0 Å². The van der Waals surface area contributed by atoms with Gasteiger partial charge in [-0.25, -0.2) is 9.50 Å². The van der Waals surface area contributed by atoms with Crippen molar-refractivity contribution in [1.29, 1.82) is 0 Å². The highest BCUT2D eigenvalue weighted by Gasteiger charge is 2.12. The zero-order chi connectivity index (χ0) is 13.8. The number of nitrogens with one attached hydrogen (secondary N) is 1. The Balaban J connectivity index is 1.53. The van der Waals surface area contributed by atoms with Crippen molar-refractivity contribution in [2.24, 2.45) is 0 Å². The molecule has 8 nitrogen and oxygen atoms in total. The van der Waals surface area contributed by atoms with E-state index < -0.39 is 0 Å². The lowest BCUT2D eigenvalue weighted by atomic mass is 10.4. The van der Waals surface area contributed by atoms with E-state index in [9.17, 15) is 4.79 Å². The summed E-state index contributed by atoms with van der Waals surface area (Å²) < 4.78 is 3.29. The monoisotopic (exact) mass is 271 g/mol. The SMILES string of the molecule is O=C(NCCCn1cccn1)c1nc2ncccn2n1. The second-order valence-corrected chi connectivity index (χ2v) is 4.18. The average molecular weight is 271 g/mol. The molecule has 0 aliphatic carbocycles. The number of fused-ring (bicyclic) bond motifs is 1. The lowest BCUT2D eigenvalue weighted by molar-refractivity contribution is 0.0942. The van der Waals surface area contributed by atoms with E-state index in [-0.39, 0.29) is 11.7 Å². The summed E-state index contributed by atoms with van der Waals surface area (Å²) in [5, 5.41) is 10.9. The minimum absolute atomic E-state index is 0.128. The van der Waals surface area contributed by atoms with Crippen molar-refractivity contribution in [2.45, 2.75) is 13.0 Å². The maximum absolute atomic E-state index is 11.9. The molecule has 3 aromatic heterocycles. The molecular formula is C12H13N7O. The Bertz CT molecular complexity index is 671. The van der Waals surface area contributed by atoms with E-state index in [2.05, 4.69) is 25.5 Å². The summed E-state index contributed by atoms with van der Waals surface area (Å²) in [5.41, 5.74) is 0. The predicted molar refractivity (Wildman–Crippen MR) is 70.0 cm³/mol. The number of nitrogens with zero attached hydrogens (tertiary/aromatic N) is 6. The van der Waals surface area contributed by atoms with Crippen LogP contribution >= 0.6 is 0 Å². The van der Waals surface area contributed by atoms with Crippen molar-refractivity contribution in [3.8, 4) is 0 Å². The average Bonchev–Trinajstić information content (AvgIpc) is 3.12. The fourth-order valence-corrected chi connectivity index (χ4v) is 1.78. The van der Waals surface area contributed by atoms with Gasteiger partial charge in [0, 0.05) is 37.9 Å². The predicted octanol–water partition coefficient (Wildman–Crippen LogP) is 0.141. The van der Waals surface area contributed by atoms with Gasteiger partial charge in [0.2, 0.25) is 5.82 Å². The summed E-state index contributed by atoms with van der Waals surface area (Å²) in [5.74, 6) is 0.243. The Labute approximate surface area is 114 Å². The van der Waals surface area contributed by atoms with Gasteiger partial charge in [0.05, 0.1) is 0 Å².